The van der Waals surface area contributed by atoms with Crippen LogP contribution in [0.25, 0.3) is 11.5 Å². The van der Waals surface area contributed by atoms with Gasteiger partial charge < -0.3 is 14.3 Å². The zero-order valence-electron chi connectivity index (χ0n) is 9.92. The van der Waals surface area contributed by atoms with Crippen LogP contribution in [0.1, 0.15) is 23.8 Å². The Labute approximate surface area is 104 Å². The van der Waals surface area contributed by atoms with E-state index in [1.54, 1.807) is 12.1 Å². The lowest BCUT2D eigenvalue weighted by Gasteiger charge is -2.04. The summed E-state index contributed by atoms with van der Waals surface area (Å²) in [6.45, 7) is 2.66. The van der Waals surface area contributed by atoms with Gasteiger partial charge in [-0.15, -0.1) is 0 Å². The molecule has 0 bridgehead atoms. The van der Waals surface area contributed by atoms with Crippen molar-refractivity contribution in [3.63, 3.8) is 0 Å². The van der Waals surface area contributed by atoms with Crippen LogP contribution in [-0.2, 0) is 0 Å². The predicted molar refractivity (Wildman–Crippen MR) is 64.7 cm³/mol. The van der Waals surface area contributed by atoms with E-state index in [-0.39, 0.29) is 11.6 Å². The Kier molecular flexibility index (Phi) is 3.62. The number of carboxylic acid groups (broad SMARTS) is 1. The first-order chi connectivity index (χ1) is 8.70. The molecule has 0 atom stereocenters. The molecular formula is C13H13NO4. The van der Waals surface area contributed by atoms with Gasteiger partial charge in [-0.2, -0.15) is 0 Å². The van der Waals surface area contributed by atoms with Crippen LogP contribution in [0.5, 0.6) is 5.75 Å². The van der Waals surface area contributed by atoms with Gasteiger partial charge in [0.25, 0.3) is 0 Å². The van der Waals surface area contributed by atoms with Gasteiger partial charge in [0.05, 0.1) is 6.61 Å². The minimum Gasteiger partial charge on any atom is -0.494 e. The highest BCUT2D eigenvalue weighted by atomic mass is 16.5. The van der Waals surface area contributed by atoms with Crippen LogP contribution < -0.4 is 4.74 Å². The summed E-state index contributed by atoms with van der Waals surface area (Å²) < 4.78 is 10.6. The van der Waals surface area contributed by atoms with Gasteiger partial charge in [-0.1, -0.05) is 13.0 Å². The van der Waals surface area contributed by atoms with E-state index in [2.05, 4.69) is 4.98 Å². The normalized spacial score (nSPS) is 10.3. The Morgan fingerprint density at radius 1 is 1.50 bits per heavy atom. The summed E-state index contributed by atoms with van der Waals surface area (Å²) in [6, 6.07) is 7.20. The number of hydrogen-bond donors (Lipinski definition) is 1. The molecule has 0 saturated heterocycles. The molecule has 0 amide bonds. The molecule has 5 nitrogen and oxygen atoms in total. The summed E-state index contributed by atoms with van der Waals surface area (Å²) in [5.74, 6) is -0.123. The first kappa shape index (κ1) is 12.2. The summed E-state index contributed by atoms with van der Waals surface area (Å²) in [4.78, 5) is 14.6. The first-order valence-electron chi connectivity index (χ1n) is 5.62. The van der Waals surface area contributed by atoms with Crippen molar-refractivity contribution < 1.29 is 19.1 Å². The molecule has 0 unspecified atom stereocenters. The second-order valence-corrected chi connectivity index (χ2v) is 3.72. The zero-order chi connectivity index (χ0) is 13.0. The highest BCUT2D eigenvalue weighted by molar-refractivity contribution is 5.85. The molecule has 1 aromatic heterocycles. The first-order valence-corrected chi connectivity index (χ1v) is 5.62. The lowest BCUT2D eigenvalue weighted by atomic mass is 10.2. The van der Waals surface area contributed by atoms with Gasteiger partial charge >= 0.3 is 5.97 Å². The fourth-order valence-electron chi connectivity index (χ4n) is 1.44. The molecule has 1 heterocycles. The van der Waals surface area contributed by atoms with Gasteiger partial charge in [-0.25, -0.2) is 9.78 Å². The molecule has 0 spiro atoms. The van der Waals surface area contributed by atoms with E-state index in [1.807, 2.05) is 19.1 Å². The lowest BCUT2D eigenvalue weighted by molar-refractivity contribution is 0.0690. The molecule has 0 aliphatic rings. The average Bonchev–Trinajstić information content (AvgIpc) is 2.86. The minimum absolute atomic E-state index is 0.107. The van der Waals surface area contributed by atoms with E-state index < -0.39 is 5.97 Å². The predicted octanol–water partition coefficient (Wildman–Crippen LogP) is 2.83. The highest BCUT2D eigenvalue weighted by Crippen LogP contribution is 2.23. The maximum Gasteiger partial charge on any atom is 0.357 e. The van der Waals surface area contributed by atoms with Crippen LogP contribution in [-0.4, -0.2) is 22.7 Å². The second kappa shape index (κ2) is 5.35. The van der Waals surface area contributed by atoms with E-state index in [0.717, 1.165) is 12.7 Å². The third-order valence-corrected chi connectivity index (χ3v) is 2.28. The van der Waals surface area contributed by atoms with Gasteiger partial charge in [0, 0.05) is 5.56 Å². The SMILES string of the molecule is CCCOc1cccc(-c2nc(C(=O)O)co2)c1. The van der Waals surface area contributed by atoms with Crippen molar-refractivity contribution in [2.24, 2.45) is 0 Å². The average molecular weight is 247 g/mol. The Morgan fingerprint density at radius 3 is 3.00 bits per heavy atom. The number of aromatic nitrogens is 1. The zero-order valence-corrected chi connectivity index (χ0v) is 9.92. The molecule has 1 aromatic carbocycles. The van der Waals surface area contributed by atoms with Gasteiger partial charge in [-0.3, -0.25) is 0 Å². The molecule has 5 heteroatoms. The summed E-state index contributed by atoms with van der Waals surface area (Å²) in [5.41, 5.74) is 0.584. The Hall–Kier alpha value is -2.30. The maximum atomic E-state index is 10.7. The van der Waals surface area contributed by atoms with Gasteiger partial charge in [0.1, 0.15) is 12.0 Å². The number of rotatable bonds is 5. The van der Waals surface area contributed by atoms with Crippen LogP contribution in [0.3, 0.4) is 0 Å². The molecule has 18 heavy (non-hydrogen) atoms. The molecule has 0 radical (unpaired) electrons. The summed E-state index contributed by atoms with van der Waals surface area (Å²) in [7, 11) is 0. The van der Waals surface area contributed by atoms with E-state index in [4.69, 9.17) is 14.3 Å². The number of carboxylic acids is 1. The standard InChI is InChI=1S/C13H13NO4/c1-2-6-17-10-5-3-4-9(7-10)12-14-11(8-18-12)13(15)16/h3-5,7-8H,2,6H2,1H3,(H,15,16). The summed E-state index contributed by atoms with van der Waals surface area (Å²) in [5, 5.41) is 8.77. The van der Waals surface area contributed by atoms with E-state index in [1.165, 1.54) is 0 Å². The topological polar surface area (TPSA) is 72.6 Å². The van der Waals surface area contributed by atoms with Crippen molar-refractivity contribution in [2.75, 3.05) is 6.61 Å². The van der Waals surface area contributed by atoms with Crippen LogP contribution in [0.15, 0.2) is 34.9 Å². The molecule has 1 N–H and O–H groups in total. The third kappa shape index (κ3) is 2.68. The smallest absolute Gasteiger partial charge is 0.357 e. The quantitative estimate of drug-likeness (QED) is 0.879. The van der Waals surface area contributed by atoms with Gasteiger partial charge in [-0.05, 0) is 24.6 Å². The lowest BCUT2D eigenvalue weighted by Crippen LogP contribution is -1.96. The number of aromatic carboxylic acids is 1. The Bertz CT molecular complexity index is 547. The summed E-state index contributed by atoms with van der Waals surface area (Å²) >= 11 is 0. The number of oxazole rings is 1. The maximum absolute atomic E-state index is 10.7. The number of ether oxygens (including phenoxy) is 1. The van der Waals surface area contributed by atoms with E-state index >= 15 is 0 Å². The van der Waals surface area contributed by atoms with E-state index in [9.17, 15) is 4.79 Å². The number of benzene rings is 1. The monoisotopic (exact) mass is 247 g/mol. The molecular weight excluding hydrogens is 234 g/mol. The number of nitrogens with zero attached hydrogens (tertiary/aromatic N) is 1. The fraction of sp³-hybridized carbons (Fsp3) is 0.231. The summed E-state index contributed by atoms with van der Waals surface area (Å²) in [6.07, 6.45) is 2.05. The van der Waals surface area contributed by atoms with Crippen LogP contribution in [0, 0.1) is 0 Å². The second-order valence-electron chi connectivity index (χ2n) is 3.72. The van der Waals surface area contributed by atoms with Crippen molar-refractivity contribution in [1.29, 1.82) is 0 Å². The molecule has 2 rings (SSSR count). The minimum atomic E-state index is -1.11. The van der Waals surface area contributed by atoms with Crippen LogP contribution >= 0.6 is 0 Å². The molecule has 2 aromatic rings. The number of carbonyl (C=O) groups is 1. The Morgan fingerprint density at radius 2 is 2.33 bits per heavy atom. The largest absolute Gasteiger partial charge is 0.494 e. The van der Waals surface area contributed by atoms with Crippen molar-refractivity contribution in [1.82, 2.24) is 4.98 Å². The van der Waals surface area contributed by atoms with Crippen molar-refractivity contribution >= 4 is 5.97 Å². The van der Waals surface area contributed by atoms with Gasteiger partial charge in [0.2, 0.25) is 5.89 Å². The molecule has 0 saturated carbocycles. The molecule has 94 valence electrons. The van der Waals surface area contributed by atoms with Crippen molar-refractivity contribution in [2.45, 2.75) is 13.3 Å². The van der Waals surface area contributed by atoms with E-state index in [0.29, 0.717) is 17.9 Å². The fourth-order valence-corrected chi connectivity index (χ4v) is 1.44. The highest BCUT2D eigenvalue weighted by Gasteiger charge is 2.12. The molecule has 0 aliphatic heterocycles. The van der Waals surface area contributed by atoms with Crippen molar-refractivity contribution in [3.8, 4) is 17.2 Å². The molecule has 0 aliphatic carbocycles. The van der Waals surface area contributed by atoms with Gasteiger partial charge in [0.15, 0.2) is 5.69 Å². The van der Waals surface area contributed by atoms with Crippen LogP contribution in [0.2, 0.25) is 0 Å². The number of hydrogen-bond acceptors (Lipinski definition) is 4. The van der Waals surface area contributed by atoms with Crippen molar-refractivity contribution in [3.05, 3.63) is 36.2 Å². The third-order valence-electron chi connectivity index (χ3n) is 2.28. The Balaban J connectivity index is 2.23. The van der Waals surface area contributed by atoms with Crippen LogP contribution in [0.4, 0.5) is 0 Å². The molecule has 0 fully saturated rings.